The Kier molecular flexibility index (Phi) is 9.12. The van der Waals surface area contributed by atoms with Gasteiger partial charge in [-0.3, -0.25) is 14.5 Å². The highest BCUT2D eigenvalue weighted by Crippen LogP contribution is 2.46. The molecule has 0 unspecified atom stereocenters. The first kappa shape index (κ1) is 31.6. The average Bonchev–Trinajstić information content (AvgIpc) is 3.60. The minimum atomic E-state index is -1.13. The largest absolute Gasteiger partial charge is 0.507 e. The van der Waals surface area contributed by atoms with Gasteiger partial charge >= 0.3 is 11.9 Å². The number of carbonyl (C=O) groups is 3. The molecular weight excluding hydrogens is 624 g/mol. The molecule has 3 heterocycles. The lowest BCUT2D eigenvalue weighted by atomic mass is 9.95. The minimum absolute atomic E-state index is 0.0984. The zero-order chi connectivity index (χ0) is 33.1. The number of benzene rings is 3. The molecule has 3 aromatic carbocycles. The molecule has 12 heteroatoms. The van der Waals surface area contributed by atoms with Crippen molar-refractivity contribution in [3.8, 4) is 23.0 Å². The highest BCUT2D eigenvalue weighted by Gasteiger charge is 2.49. The van der Waals surface area contributed by atoms with Crippen molar-refractivity contribution in [2.24, 2.45) is 0 Å². The minimum Gasteiger partial charge on any atom is -0.507 e. The number of nitrogens with zero attached hydrogens (tertiary/aromatic N) is 2. The second-order valence-corrected chi connectivity index (χ2v) is 11.5. The summed E-state index contributed by atoms with van der Waals surface area (Å²) < 4.78 is 28.5. The van der Waals surface area contributed by atoms with E-state index in [0.29, 0.717) is 54.1 Å². The van der Waals surface area contributed by atoms with Crippen LogP contribution in [0.25, 0.3) is 5.76 Å². The standard InChI is InChI=1S/C35H32N2O9S/c1-4-42-26-17-22(11-13-25(26)46-19-21-9-7-6-8-10-21)29-28(30(38)23-12-14-24-27(18-23)45-16-15-44-24)31(39)33(40)37(29)35-36-20(3)32(47-35)34(41)43-5-2/h6-14,17-18,29,38H,4-5,15-16,19H2,1-3H3/t29-/m1/s1. The Bertz CT molecular complexity index is 1870. The number of aryl methyl sites for hydroxylation is 1. The van der Waals surface area contributed by atoms with E-state index in [-0.39, 0.29) is 34.4 Å². The topological polar surface area (TPSA) is 134 Å². The number of anilines is 1. The van der Waals surface area contributed by atoms with E-state index in [0.717, 1.165) is 16.9 Å². The number of amides is 1. The third-order valence-electron chi connectivity index (χ3n) is 7.53. The molecule has 1 amide bonds. The maximum Gasteiger partial charge on any atom is 0.350 e. The Morgan fingerprint density at radius 3 is 2.47 bits per heavy atom. The first-order valence-corrected chi connectivity index (χ1v) is 15.9. The van der Waals surface area contributed by atoms with Crippen LogP contribution in [0.5, 0.6) is 23.0 Å². The van der Waals surface area contributed by atoms with E-state index >= 15 is 0 Å². The van der Waals surface area contributed by atoms with E-state index in [1.807, 2.05) is 37.3 Å². The van der Waals surface area contributed by atoms with E-state index in [2.05, 4.69) is 4.98 Å². The molecule has 242 valence electrons. The zero-order valence-corrected chi connectivity index (χ0v) is 26.8. The highest BCUT2D eigenvalue weighted by molar-refractivity contribution is 7.17. The molecule has 2 aliphatic heterocycles. The fourth-order valence-electron chi connectivity index (χ4n) is 5.38. The molecule has 0 saturated carbocycles. The summed E-state index contributed by atoms with van der Waals surface area (Å²) in [4.78, 5) is 46.2. The molecule has 1 N–H and O–H groups in total. The van der Waals surface area contributed by atoms with Crippen molar-refractivity contribution in [3.05, 3.63) is 99.6 Å². The number of aliphatic hydroxyl groups is 1. The fraction of sp³-hybridized carbons (Fsp3) is 0.257. The van der Waals surface area contributed by atoms with E-state index in [1.54, 1.807) is 50.2 Å². The highest BCUT2D eigenvalue weighted by atomic mass is 32.1. The van der Waals surface area contributed by atoms with Crippen molar-refractivity contribution in [1.82, 2.24) is 4.98 Å². The molecule has 0 radical (unpaired) electrons. The molecule has 47 heavy (non-hydrogen) atoms. The van der Waals surface area contributed by atoms with Gasteiger partial charge in [0.2, 0.25) is 0 Å². The molecule has 1 saturated heterocycles. The van der Waals surface area contributed by atoms with Crippen LogP contribution in [-0.4, -0.2) is 54.2 Å². The predicted molar refractivity (Wildman–Crippen MR) is 173 cm³/mol. The summed E-state index contributed by atoms with van der Waals surface area (Å²) in [5.74, 6) is -1.09. The number of aromatic nitrogens is 1. The lowest BCUT2D eigenvalue weighted by Gasteiger charge is -2.24. The Morgan fingerprint density at radius 2 is 1.72 bits per heavy atom. The van der Waals surface area contributed by atoms with Crippen LogP contribution in [0.2, 0.25) is 0 Å². The summed E-state index contributed by atoms with van der Waals surface area (Å²) in [7, 11) is 0. The van der Waals surface area contributed by atoms with Gasteiger partial charge in [0.05, 0.1) is 30.5 Å². The van der Waals surface area contributed by atoms with Crippen LogP contribution in [0.3, 0.4) is 0 Å². The molecule has 1 atom stereocenters. The van der Waals surface area contributed by atoms with Crippen LogP contribution in [0, 0.1) is 6.92 Å². The third-order valence-corrected chi connectivity index (χ3v) is 8.67. The van der Waals surface area contributed by atoms with Gasteiger partial charge in [-0.2, -0.15) is 0 Å². The summed E-state index contributed by atoms with van der Waals surface area (Å²) in [6.45, 7) is 6.62. The van der Waals surface area contributed by atoms with E-state index in [1.165, 1.54) is 4.90 Å². The van der Waals surface area contributed by atoms with Crippen LogP contribution in [0.15, 0.2) is 72.3 Å². The first-order valence-electron chi connectivity index (χ1n) is 15.1. The monoisotopic (exact) mass is 656 g/mol. The molecule has 0 aliphatic carbocycles. The van der Waals surface area contributed by atoms with Crippen molar-refractivity contribution in [3.63, 3.8) is 0 Å². The van der Waals surface area contributed by atoms with Gasteiger partial charge in [0.1, 0.15) is 30.5 Å². The van der Waals surface area contributed by atoms with E-state index in [9.17, 15) is 19.5 Å². The molecule has 2 aliphatic rings. The van der Waals surface area contributed by atoms with Crippen molar-refractivity contribution >= 4 is 39.9 Å². The van der Waals surface area contributed by atoms with E-state index in [4.69, 9.17) is 23.7 Å². The van der Waals surface area contributed by atoms with Crippen LogP contribution >= 0.6 is 11.3 Å². The Hall–Kier alpha value is -5.36. The maximum absolute atomic E-state index is 13.8. The smallest absolute Gasteiger partial charge is 0.350 e. The first-order chi connectivity index (χ1) is 22.8. The number of ketones is 1. The number of fused-ring (bicyclic) bond motifs is 1. The summed E-state index contributed by atoms with van der Waals surface area (Å²) in [5.41, 5.74) is 1.84. The molecule has 4 aromatic rings. The number of hydrogen-bond acceptors (Lipinski definition) is 11. The number of rotatable bonds is 10. The van der Waals surface area contributed by atoms with Gasteiger partial charge in [0.15, 0.2) is 28.1 Å². The molecule has 6 rings (SSSR count). The van der Waals surface area contributed by atoms with Gasteiger partial charge in [-0.05, 0) is 62.2 Å². The number of aliphatic hydroxyl groups excluding tert-OH is 1. The maximum atomic E-state index is 13.8. The number of esters is 1. The second kappa shape index (κ2) is 13.6. The normalized spacial score (nSPS) is 16.7. The lowest BCUT2D eigenvalue weighted by molar-refractivity contribution is -0.132. The summed E-state index contributed by atoms with van der Waals surface area (Å²) in [5, 5.41) is 11.8. The molecule has 1 aromatic heterocycles. The summed E-state index contributed by atoms with van der Waals surface area (Å²) in [6, 6.07) is 18.4. The molecule has 1 fully saturated rings. The van der Waals surface area contributed by atoms with Crippen LogP contribution in [0.1, 0.15) is 51.9 Å². The third kappa shape index (κ3) is 6.24. The predicted octanol–water partition coefficient (Wildman–Crippen LogP) is 6.00. The van der Waals surface area contributed by atoms with Crippen molar-refractivity contribution < 1.29 is 43.2 Å². The average molecular weight is 657 g/mol. The SMILES string of the molecule is CCOC(=O)c1sc(N2C(=O)C(=O)C(=C(O)c3ccc4c(c3)OCCO4)[C@H]2c2ccc(OCc3ccccc3)c(OCC)c2)nc1C. The van der Waals surface area contributed by atoms with Gasteiger partial charge < -0.3 is 28.8 Å². The van der Waals surface area contributed by atoms with Crippen molar-refractivity contribution in [2.45, 2.75) is 33.4 Å². The van der Waals surface area contributed by atoms with Crippen LogP contribution in [-0.2, 0) is 20.9 Å². The Balaban J connectivity index is 1.47. The molecule has 0 spiro atoms. The van der Waals surface area contributed by atoms with Gasteiger partial charge in [-0.15, -0.1) is 0 Å². The number of ether oxygens (including phenoxy) is 5. The van der Waals surface area contributed by atoms with Crippen LogP contribution < -0.4 is 23.8 Å². The molecule has 11 nitrogen and oxygen atoms in total. The number of thiazole rings is 1. The van der Waals surface area contributed by atoms with Crippen molar-refractivity contribution in [2.75, 3.05) is 31.3 Å². The summed E-state index contributed by atoms with van der Waals surface area (Å²) >= 11 is 0.931. The zero-order valence-electron chi connectivity index (χ0n) is 26.0. The van der Waals surface area contributed by atoms with E-state index < -0.39 is 29.5 Å². The summed E-state index contributed by atoms with van der Waals surface area (Å²) in [6.07, 6.45) is 0. The quantitative estimate of drug-likeness (QED) is 0.0937. The second-order valence-electron chi connectivity index (χ2n) is 10.6. The fourth-order valence-corrected chi connectivity index (χ4v) is 6.37. The van der Waals surface area contributed by atoms with Crippen LogP contribution in [0.4, 0.5) is 5.13 Å². The number of hydrogen-bond donors (Lipinski definition) is 1. The van der Waals surface area contributed by atoms with Gasteiger partial charge in [0.25, 0.3) is 5.78 Å². The Labute approximate surface area is 274 Å². The number of Topliss-reactive ketones (excluding diaryl/α,β-unsaturated/α-hetero) is 1. The van der Waals surface area contributed by atoms with Gasteiger partial charge in [-0.1, -0.05) is 47.7 Å². The lowest BCUT2D eigenvalue weighted by Crippen LogP contribution is -2.29. The van der Waals surface area contributed by atoms with Gasteiger partial charge in [-0.25, -0.2) is 9.78 Å². The van der Waals surface area contributed by atoms with Gasteiger partial charge in [0, 0.05) is 5.56 Å². The number of carbonyl (C=O) groups excluding carboxylic acids is 3. The molecule has 0 bridgehead atoms. The van der Waals surface area contributed by atoms with Crippen molar-refractivity contribution in [1.29, 1.82) is 0 Å². The Morgan fingerprint density at radius 1 is 0.957 bits per heavy atom. The molecular formula is C35H32N2O9S.